The summed E-state index contributed by atoms with van der Waals surface area (Å²) in [5.41, 5.74) is 1.09. The Morgan fingerprint density at radius 1 is 1.35 bits per heavy atom. The van der Waals surface area contributed by atoms with Crippen LogP contribution in [0.1, 0.15) is 51.1 Å². The Kier molecular flexibility index (Phi) is 6.86. The minimum Gasteiger partial charge on any atom is -0.504 e. The molecular weight excluding hydrogens is 292 g/mol. The van der Waals surface area contributed by atoms with Gasteiger partial charge in [0.05, 0.1) is 0 Å². The number of esters is 1. The third-order valence-corrected chi connectivity index (χ3v) is 4.29. The number of piperazine rings is 1. The van der Waals surface area contributed by atoms with Crippen LogP contribution < -0.4 is 10.1 Å². The lowest BCUT2D eigenvalue weighted by atomic mass is 9.97. The van der Waals surface area contributed by atoms with Gasteiger partial charge in [-0.1, -0.05) is 32.3 Å². The summed E-state index contributed by atoms with van der Waals surface area (Å²) in [6.07, 6.45) is 4.68. The lowest BCUT2D eigenvalue weighted by Gasteiger charge is -2.35. The molecule has 2 rings (SSSR count). The van der Waals surface area contributed by atoms with Gasteiger partial charge in [-0.25, -0.2) is 0 Å². The van der Waals surface area contributed by atoms with E-state index >= 15 is 0 Å². The third kappa shape index (κ3) is 5.22. The maximum Gasteiger partial charge on any atom is 0.308 e. The summed E-state index contributed by atoms with van der Waals surface area (Å²) in [5, 5.41) is 13.5. The molecule has 1 aliphatic rings. The van der Waals surface area contributed by atoms with E-state index in [1.165, 1.54) is 26.2 Å². The van der Waals surface area contributed by atoms with Crippen molar-refractivity contribution in [2.75, 3.05) is 26.2 Å². The van der Waals surface area contributed by atoms with Gasteiger partial charge in [0.1, 0.15) is 0 Å². The highest BCUT2D eigenvalue weighted by Crippen LogP contribution is 2.34. The largest absolute Gasteiger partial charge is 0.504 e. The summed E-state index contributed by atoms with van der Waals surface area (Å²) in [5.74, 6) is -0.156. The number of hydrogen-bond acceptors (Lipinski definition) is 5. The Bertz CT molecular complexity index is 513. The highest BCUT2D eigenvalue weighted by atomic mass is 16.5. The molecule has 1 heterocycles. The molecule has 5 heteroatoms. The number of carbonyl (C=O) groups excluding carboxylic acids is 1. The van der Waals surface area contributed by atoms with Gasteiger partial charge in [-0.05, 0) is 24.1 Å². The molecule has 128 valence electrons. The number of ether oxygens (including phenoxy) is 1. The van der Waals surface area contributed by atoms with Crippen molar-refractivity contribution in [3.8, 4) is 11.5 Å². The van der Waals surface area contributed by atoms with E-state index in [4.69, 9.17) is 4.74 Å². The Morgan fingerprint density at radius 2 is 2.09 bits per heavy atom. The Morgan fingerprint density at radius 3 is 2.70 bits per heavy atom. The maximum atomic E-state index is 11.1. The van der Waals surface area contributed by atoms with Crippen LogP contribution in [0.4, 0.5) is 0 Å². The minimum atomic E-state index is -0.422. The molecule has 0 unspecified atom stereocenters. The van der Waals surface area contributed by atoms with Crippen molar-refractivity contribution < 1.29 is 14.6 Å². The van der Waals surface area contributed by atoms with Crippen molar-refractivity contribution in [1.29, 1.82) is 0 Å². The van der Waals surface area contributed by atoms with Crippen LogP contribution in [-0.2, 0) is 4.79 Å². The van der Waals surface area contributed by atoms with Crippen molar-refractivity contribution in [1.82, 2.24) is 10.2 Å². The number of hydrogen-bond donors (Lipinski definition) is 2. The molecule has 1 aromatic rings. The summed E-state index contributed by atoms with van der Waals surface area (Å²) in [4.78, 5) is 13.5. The Balaban J connectivity index is 2.16. The molecule has 0 radical (unpaired) electrons. The number of phenolic OH excluding ortho intramolecular Hbond substituents is 1. The molecule has 1 aromatic carbocycles. The van der Waals surface area contributed by atoms with Gasteiger partial charge < -0.3 is 15.2 Å². The number of nitrogens with one attached hydrogen (secondary N) is 1. The van der Waals surface area contributed by atoms with Crippen LogP contribution in [0.5, 0.6) is 11.5 Å². The molecule has 2 N–H and O–H groups in total. The van der Waals surface area contributed by atoms with Gasteiger partial charge in [0, 0.05) is 39.1 Å². The van der Waals surface area contributed by atoms with Gasteiger partial charge in [-0.3, -0.25) is 9.69 Å². The Labute approximate surface area is 138 Å². The van der Waals surface area contributed by atoms with E-state index in [0.717, 1.165) is 38.2 Å². The van der Waals surface area contributed by atoms with E-state index in [0.29, 0.717) is 6.04 Å². The minimum absolute atomic E-state index is 0.0355. The number of nitrogens with zero attached hydrogens (tertiary/aromatic N) is 1. The summed E-state index contributed by atoms with van der Waals surface area (Å²) < 4.78 is 5.01. The zero-order valence-corrected chi connectivity index (χ0v) is 14.2. The first-order valence-electron chi connectivity index (χ1n) is 8.58. The van der Waals surface area contributed by atoms with Gasteiger partial charge in [0.2, 0.25) is 0 Å². The van der Waals surface area contributed by atoms with E-state index < -0.39 is 5.97 Å². The number of rotatable bonds is 7. The topological polar surface area (TPSA) is 61.8 Å². The second kappa shape index (κ2) is 8.89. The van der Waals surface area contributed by atoms with Gasteiger partial charge in [-0.2, -0.15) is 0 Å². The maximum absolute atomic E-state index is 11.1. The number of aromatic hydroxyl groups is 1. The van der Waals surface area contributed by atoms with Crippen LogP contribution in [0.25, 0.3) is 0 Å². The number of carbonyl (C=O) groups is 1. The highest BCUT2D eigenvalue weighted by molar-refractivity contribution is 5.70. The van der Waals surface area contributed by atoms with Crippen LogP contribution in [-0.4, -0.2) is 42.2 Å². The number of phenols is 1. The third-order valence-electron chi connectivity index (χ3n) is 4.29. The molecule has 0 bridgehead atoms. The van der Waals surface area contributed by atoms with Crippen molar-refractivity contribution in [3.05, 3.63) is 23.8 Å². The molecule has 1 aliphatic heterocycles. The van der Waals surface area contributed by atoms with Crippen molar-refractivity contribution in [2.45, 2.75) is 45.6 Å². The smallest absolute Gasteiger partial charge is 0.308 e. The van der Waals surface area contributed by atoms with Crippen LogP contribution in [0, 0.1) is 0 Å². The molecule has 0 aromatic heterocycles. The average molecular weight is 320 g/mol. The molecule has 0 spiro atoms. The van der Waals surface area contributed by atoms with E-state index in [2.05, 4.69) is 17.1 Å². The van der Waals surface area contributed by atoms with Gasteiger partial charge in [0.15, 0.2) is 11.5 Å². The zero-order chi connectivity index (χ0) is 16.7. The number of benzene rings is 1. The fraction of sp³-hybridized carbons (Fsp3) is 0.611. The molecule has 0 saturated carbocycles. The van der Waals surface area contributed by atoms with Crippen LogP contribution >= 0.6 is 0 Å². The molecule has 1 fully saturated rings. The first kappa shape index (κ1) is 17.8. The first-order valence-corrected chi connectivity index (χ1v) is 8.58. The molecular formula is C18H28N2O3. The van der Waals surface area contributed by atoms with Crippen molar-refractivity contribution >= 4 is 5.97 Å². The molecule has 1 atom stereocenters. The fourth-order valence-corrected chi connectivity index (χ4v) is 3.12. The predicted molar refractivity (Wildman–Crippen MR) is 90.7 cm³/mol. The van der Waals surface area contributed by atoms with Crippen LogP contribution in [0.2, 0.25) is 0 Å². The van der Waals surface area contributed by atoms with Crippen molar-refractivity contribution in [3.63, 3.8) is 0 Å². The second-order valence-corrected chi connectivity index (χ2v) is 6.12. The zero-order valence-electron chi connectivity index (χ0n) is 14.2. The molecule has 5 nitrogen and oxygen atoms in total. The monoisotopic (exact) mass is 320 g/mol. The standard InChI is InChI=1S/C18H28N2O3/c1-3-4-5-6-16(20-11-9-19-10-12-20)15-7-8-18(17(22)13-15)23-14(2)21/h7-8,13,16,19,22H,3-6,9-12H2,1-2H3/t16-/m1/s1. The van der Waals surface area contributed by atoms with E-state index in [1.54, 1.807) is 12.1 Å². The fourth-order valence-electron chi connectivity index (χ4n) is 3.12. The molecule has 1 saturated heterocycles. The van der Waals surface area contributed by atoms with E-state index in [9.17, 15) is 9.90 Å². The second-order valence-electron chi connectivity index (χ2n) is 6.12. The lowest BCUT2D eigenvalue weighted by Crippen LogP contribution is -2.45. The van der Waals surface area contributed by atoms with Gasteiger partial charge >= 0.3 is 5.97 Å². The van der Waals surface area contributed by atoms with Crippen LogP contribution in [0.15, 0.2) is 18.2 Å². The average Bonchev–Trinajstić information content (AvgIpc) is 2.54. The Hall–Kier alpha value is -1.59. The molecule has 0 amide bonds. The predicted octanol–water partition coefficient (Wildman–Crippen LogP) is 2.84. The summed E-state index contributed by atoms with van der Waals surface area (Å²) in [7, 11) is 0. The van der Waals surface area contributed by atoms with Crippen molar-refractivity contribution in [2.24, 2.45) is 0 Å². The summed E-state index contributed by atoms with van der Waals surface area (Å²) >= 11 is 0. The van der Waals surface area contributed by atoms with Gasteiger partial charge in [0.25, 0.3) is 0 Å². The SMILES string of the molecule is CCCCC[C@H](c1ccc(OC(C)=O)c(O)c1)N1CCNCC1. The molecule has 0 aliphatic carbocycles. The summed E-state index contributed by atoms with van der Waals surface area (Å²) in [6, 6.07) is 5.72. The quantitative estimate of drug-likeness (QED) is 0.459. The summed E-state index contributed by atoms with van der Waals surface area (Å²) in [6.45, 7) is 7.58. The first-order chi connectivity index (χ1) is 11.1. The van der Waals surface area contributed by atoms with E-state index in [-0.39, 0.29) is 11.5 Å². The normalized spacial score (nSPS) is 17.0. The van der Waals surface area contributed by atoms with Crippen LogP contribution in [0.3, 0.4) is 0 Å². The molecule has 23 heavy (non-hydrogen) atoms. The number of unbranched alkanes of at least 4 members (excludes halogenated alkanes) is 2. The van der Waals surface area contributed by atoms with E-state index in [1.807, 2.05) is 6.07 Å². The highest BCUT2D eigenvalue weighted by Gasteiger charge is 2.22. The van der Waals surface area contributed by atoms with Gasteiger partial charge in [-0.15, -0.1) is 0 Å². The lowest BCUT2D eigenvalue weighted by molar-refractivity contribution is -0.132.